The molecule has 12 heavy (non-hydrogen) atoms. The van der Waals surface area contributed by atoms with Crippen molar-refractivity contribution in [2.45, 2.75) is 13.8 Å². The van der Waals surface area contributed by atoms with Crippen LogP contribution in [-0.4, -0.2) is 24.9 Å². The maximum Gasteiger partial charge on any atom is 0.233 e. The predicted molar refractivity (Wildman–Crippen MR) is 49.7 cm³/mol. The van der Waals surface area contributed by atoms with Gasteiger partial charge in [-0.2, -0.15) is 0 Å². The van der Waals surface area contributed by atoms with E-state index in [0.717, 1.165) is 11.1 Å². The number of nitrogens with zero attached hydrogens (tertiary/aromatic N) is 1. The van der Waals surface area contributed by atoms with Crippen molar-refractivity contribution in [3.8, 4) is 0 Å². The van der Waals surface area contributed by atoms with Gasteiger partial charge in [0.25, 0.3) is 0 Å². The molecule has 0 spiro atoms. The van der Waals surface area contributed by atoms with Gasteiger partial charge in [-0.15, -0.1) is 0 Å². The fourth-order valence-electron chi connectivity index (χ4n) is 1.46. The predicted octanol–water partition coefficient (Wildman–Crippen LogP) is 1.60. The lowest BCUT2D eigenvalue weighted by atomic mass is 9.97. The molecule has 0 aromatic rings. The first kappa shape index (κ1) is 9.04. The van der Waals surface area contributed by atoms with Gasteiger partial charge in [0.1, 0.15) is 0 Å². The number of allylic oxidation sites excluding steroid dienone is 2. The first-order chi connectivity index (χ1) is 5.54. The van der Waals surface area contributed by atoms with E-state index in [-0.39, 0.29) is 11.8 Å². The zero-order valence-electron chi connectivity index (χ0n) is 8.09. The van der Waals surface area contributed by atoms with Crippen molar-refractivity contribution in [1.29, 1.82) is 0 Å². The molecule has 66 valence electrons. The zero-order chi connectivity index (χ0) is 9.30. The Hall–Kier alpha value is -1.05. The highest BCUT2D eigenvalue weighted by atomic mass is 16.2. The van der Waals surface area contributed by atoms with Gasteiger partial charge in [-0.25, -0.2) is 0 Å². The van der Waals surface area contributed by atoms with Gasteiger partial charge in [0.15, 0.2) is 0 Å². The van der Waals surface area contributed by atoms with Crippen LogP contribution in [0.3, 0.4) is 0 Å². The van der Waals surface area contributed by atoms with Crippen LogP contribution in [-0.2, 0) is 4.79 Å². The molecule has 1 amide bonds. The van der Waals surface area contributed by atoms with E-state index in [2.05, 4.69) is 0 Å². The largest absolute Gasteiger partial charge is 0.348 e. The van der Waals surface area contributed by atoms with E-state index in [4.69, 9.17) is 0 Å². The summed E-state index contributed by atoms with van der Waals surface area (Å²) >= 11 is 0. The quantitative estimate of drug-likeness (QED) is 0.578. The number of carbonyl (C=O) groups is 1. The molecule has 0 fully saturated rings. The summed E-state index contributed by atoms with van der Waals surface area (Å²) in [5, 5.41) is 0. The van der Waals surface area contributed by atoms with Crippen LogP contribution in [0.2, 0.25) is 0 Å². The van der Waals surface area contributed by atoms with Gasteiger partial charge in [0.2, 0.25) is 5.91 Å². The monoisotopic (exact) mass is 165 g/mol. The summed E-state index contributed by atoms with van der Waals surface area (Å²) in [7, 11) is 3.59. The van der Waals surface area contributed by atoms with Crippen molar-refractivity contribution in [2.75, 3.05) is 14.1 Å². The molecule has 0 unspecified atom stereocenters. The molecule has 0 saturated carbocycles. The van der Waals surface area contributed by atoms with Crippen molar-refractivity contribution in [3.63, 3.8) is 0 Å². The molecule has 0 N–H and O–H groups in total. The van der Waals surface area contributed by atoms with Crippen LogP contribution in [0.15, 0.2) is 23.3 Å². The second kappa shape index (κ2) is 3.13. The van der Waals surface area contributed by atoms with Crippen LogP contribution in [0.4, 0.5) is 0 Å². The lowest BCUT2D eigenvalue weighted by Crippen LogP contribution is -2.29. The van der Waals surface area contributed by atoms with Crippen LogP contribution in [0, 0.1) is 5.92 Å². The van der Waals surface area contributed by atoms with Gasteiger partial charge in [-0.3, -0.25) is 4.79 Å². The van der Waals surface area contributed by atoms with E-state index in [1.54, 1.807) is 19.0 Å². The van der Waals surface area contributed by atoms with Crippen LogP contribution >= 0.6 is 0 Å². The molecule has 0 aromatic heterocycles. The summed E-state index contributed by atoms with van der Waals surface area (Å²) < 4.78 is 0. The maximum absolute atomic E-state index is 11.6. The smallest absolute Gasteiger partial charge is 0.233 e. The minimum Gasteiger partial charge on any atom is -0.348 e. The second-order valence-electron chi connectivity index (χ2n) is 3.49. The molecule has 0 radical (unpaired) electrons. The molecule has 2 heteroatoms. The Bertz CT molecular complexity index is 243. The number of amides is 1. The summed E-state index contributed by atoms with van der Waals surface area (Å²) in [5.41, 5.74) is 2.29. The van der Waals surface area contributed by atoms with Gasteiger partial charge in [-0.1, -0.05) is 23.3 Å². The Kier molecular flexibility index (Phi) is 2.36. The number of rotatable bonds is 1. The molecule has 0 atom stereocenters. The van der Waals surface area contributed by atoms with E-state index < -0.39 is 0 Å². The van der Waals surface area contributed by atoms with Gasteiger partial charge in [-0.05, 0) is 13.8 Å². The maximum atomic E-state index is 11.6. The molecule has 1 aliphatic rings. The highest BCUT2D eigenvalue weighted by molar-refractivity contribution is 5.85. The van der Waals surface area contributed by atoms with E-state index in [1.165, 1.54) is 0 Å². The number of carbonyl (C=O) groups excluding carboxylic acids is 1. The number of hydrogen-bond donors (Lipinski definition) is 0. The average molecular weight is 165 g/mol. The van der Waals surface area contributed by atoms with Crippen LogP contribution in [0.1, 0.15) is 13.8 Å². The Morgan fingerprint density at radius 1 is 1.25 bits per heavy atom. The summed E-state index contributed by atoms with van der Waals surface area (Å²) in [6.45, 7) is 4.00. The molecule has 1 rings (SSSR count). The molecule has 0 heterocycles. The normalized spacial score (nSPS) is 17.3. The lowest BCUT2D eigenvalue weighted by molar-refractivity contribution is -0.130. The van der Waals surface area contributed by atoms with Gasteiger partial charge >= 0.3 is 0 Å². The molecule has 0 aromatic carbocycles. The first-order valence-electron chi connectivity index (χ1n) is 4.10. The molecular weight excluding hydrogens is 150 g/mol. The van der Waals surface area contributed by atoms with Crippen LogP contribution < -0.4 is 0 Å². The highest BCUT2D eigenvalue weighted by Crippen LogP contribution is 2.27. The average Bonchev–Trinajstić information content (AvgIpc) is 2.30. The fourth-order valence-corrected chi connectivity index (χ4v) is 1.46. The Labute approximate surface area is 73.6 Å². The molecule has 0 saturated heterocycles. The van der Waals surface area contributed by atoms with Crippen molar-refractivity contribution >= 4 is 5.91 Å². The third-order valence-electron chi connectivity index (χ3n) is 2.21. The summed E-state index contributed by atoms with van der Waals surface area (Å²) in [6, 6.07) is 0. The Morgan fingerprint density at radius 3 is 2.00 bits per heavy atom. The van der Waals surface area contributed by atoms with E-state index in [1.807, 2.05) is 26.0 Å². The molecule has 1 aliphatic carbocycles. The van der Waals surface area contributed by atoms with Crippen molar-refractivity contribution in [1.82, 2.24) is 4.90 Å². The minimum absolute atomic E-state index is 0.000000000000000444. The lowest BCUT2D eigenvalue weighted by Gasteiger charge is -2.18. The second-order valence-corrected chi connectivity index (χ2v) is 3.49. The van der Waals surface area contributed by atoms with Gasteiger partial charge < -0.3 is 4.90 Å². The van der Waals surface area contributed by atoms with E-state index in [9.17, 15) is 4.79 Å². The van der Waals surface area contributed by atoms with Gasteiger partial charge in [0, 0.05) is 14.1 Å². The zero-order valence-corrected chi connectivity index (χ0v) is 8.09. The van der Waals surface area contributed by atoms with E-state index in [0.29, 0.717) is 0 Å². The van der Waals surface area contributed by atoms with Crippen molar-refractivity contribution in [2.24, 2.45) is 5.92 Å². The molecule has 0 bridgehead atoms. The first-order valence-corrected chi connectivity index (χ1v) is 4.10. The Morgan fingerprint density at radius 2 is 1.67 bits per heavy atom. The van der Waals surface area contributed by atoms with Crippen molar-refractivity contribution in [3.05, 3.63) is 23.3 Å². The van der Waals surface area contributed by atoms with Gasteiger partial charge in [0.05, 0.1) is 5.92 Å². The van der Waals surface area contributed by atoms with E-state index >= 15 is 0 Å². The molecular formula is C10H15NO. The third-order valence-corrected chi connectivity index (χ3v) is 2.21. The number of hydrogen-bond acceptors (Lipinski definition) is 1. The summed E-state index contributed by atoms with van der Waals surface area (Å²) in [5.74, 6) is 0.176. The third kappa shape index (κ3) is 1.42. The Balaban J connectivity index is 2.82. The minimum atomic E-state index is -0.000000000000000444. The van der Waals surface area contributed by atoms with Crippen LogP contribution in [0.5, 0.6) is 0 Å². The standard InChI is InChI=1S/C10H15NO/c1-7-5-6-8(2)9(7)10(12)11(3)4/h5-6,9H,1-4H3. The fraction of sp³-hybridized carbons (Fsp3) is 0.500. The molecule has 0 aliphatic heterocycles. The van der Waals surface area contributed by atoms with Crippen molar-refractivity contribution < 1.29 is 4.79 Å². The topological polar surface area (TPSA) is 20.3 Å². The summed E-state index contributed by atoms with van der Waals surface area (Å²) in [6.07, 6.45) is 4.03. The highest BCUT2D eigenvalue weighted by Gasteiger charge is 2.25. The summed E-state index contributed by atoms with van der Waals surface area (Å²) in [4.78, 5) is 13.3. The SMILES string of the molecule is CC1=CC=C(C)C1C(=O)N(C)C. The van der Waals surface area contributed by atoms with Crippen LogP contribution in [0.25, 0.3) is 0 Å². The molecule has 2 nitrogen and oxygen atoms in total.